The van der Waals surface area contributed by atoms with Crippen molar-refractivity contribution < 1.29 is 9.18 Å². The Morgan fingerprint density at radius 1 is 1.53 bits per heavy atom. The van der Waals surface area contributed by atoms with Gasteiger partial charge in [-0.25, -0.2) is 4.39 Å². The fourth-order valence-electron chi connectivity index (χ4n) is 1.82. The summed E-state index contributed by atoms with van der Waals surface area (Å²) in [6.45, 7) is 6.09. The smallest absolute Gasteiger partial charge is 0.221 e. The molecule has 0 bridgehead atoms. The Kier molecular flexibility index (Phi) is 5.32. The molecule has 1 atom stereocenters. The quantitative estimate of drug-likeness (QED) is 0.874. The van der Waals surface area contributed by atoms with E-state index in [2.05, 4.69) is 5.32 Å². The molecule has 3 N–H and O–H groups in total. The van der Waals surface area contributed by atoms with E-state index in [-0.39, 0.29) is 29.6 Å². The maximum Gasteiger partial charge on any atom is 0.221 e. The molecule has 1 rings (SSSR count). The van der Waals surface area contributed by atoms with E-state index in [1.54, 1.807) is 13.0 Å². The van der Waals surface area contributed by atoms with Crippen LogP contribution in [0.3, 0.4) is 0 Å². The first-order valence-corrected chi connectivity index (χ1v) is 6.58. The number of nitrogens with two attached hydrogens (primary N) is 1. The van der Waals surface area contributed by atoms with Crippen LogP contribution < -0.4 is 11.1 Å². The fourth-order valence-corrected chi connectivity index (χ4v) is 2.24. The van der Waals surface area contributed by atoms with Crippen molar-refractivity contribution in [2.75, 3.05) is 6.54 Å². The van der Waals surface area contributed by atoms with Gasteiger partial charge in [-0.1, -0.05) is 31.5 Å². The molecule has 0 spiro atoms. The van der Waals surface area contributed by atoms with Crippen molar-refractivity contribution in [3.05, 3.63) is 34.6 Å². The fraction of sp³-hybridized carbons (Fsp3) is 0.500. The number of nitrogens with one attached hydrogen (secondary N) is 1. The minimum atomic E-state index is -0.377. The Morgan fingerprint density at radius 2 is 2.16 bits per heavy atom. The molecule has 0 aliphatic rings. The number of carbonyl (C=O) groups excluding carboxylic acids is 1. The van der Waals surface area contributed by atoms with Crippen molar-refractivity contribution in [3.8, 4) is 0 Å². The second-order valence-electron chi connectivity index (χ2n) is 5.47. The van der Waals surface area contributed by atoms with Gasteiger partial charge in [-0.05, 0) is 24.6 Å². The van der Waals surface area contributed by atoms with Crippen LogP contribution in [0.4, 0.5) is 4.39 Å². The minimum absolute atomic E-state index is 0.0960. The first kappa shape index (κ1) is 15.9. The van der Waals surface area contributed by atoms with Gasteiger partial charge in [0.2, 0.25) is 5.91 Å². The van der Waals surface area contributed by atoms with E-state index in [4.69, 9.17) is 17.3 Å². The number of carbonyl (C=O) groups is 1. The summed E-state index contributed by atoms with van der Waals surface area (Å²) in [4.78, 5) is 11.6. The molecule has 0 radical (unpaired) electrons. The second kappa shape index (κ2) is 6.35. The van der Waals surface area contributed by atoms with Gasteiger partial charge in [-0.2, -0.15) is 0 Å². The predicted molar refractivity (Wildman–Crippen MR) is 75.7 cm³/mol. The lowest BCUT2D eigenvalue weighted by Crippen LogP contribution is -2.38. The molecule has 0 aliphatic carbocycles. The van der Waals surface area contributed by atoms with Crippen molar-refractivity contribution in [2.24, 2.45) is 5.73 Å². The zero-order chi connectivity index (χ0) is 14.6. The molecular weight excluding hydrogens is 267 g/mol. The molecule has 0 saturated carbocycles. The van der Waals surface area contributed by atoms with Crippen molar-refractivity contribution in [2.45, 2.75) is 38.6 Å². The minimum Gasteiger partial charge on any atom is -0.355 e. The maximum absolute atomic E-state index is 13.0. The van der Waals surface area contributed by atoms with Crippen LogP contribution in [0.1, 0.15) is 32.8 Å². The molecule has 0 heterocycles. The summed E-state index contributed by atoms with van der Waals surface area (Å²) < 4.78 is 13.0. The van der Waals surface area contributed by atoms with E-state index in [0.717, 1.165) is 5.56 Å². The third-order valence-electron chi connectivity index (χ3n) is 2.90. The molecule has 1 aromatic carbocycles. The van der Waals surface area contributed by atoms with E-state index < -0.39 is 0 Å². The van der Waals surface area contributed by atoms with Crippen molar-refractivity contribution in [1.29, 1.82) is 0 Å². The van der Waals surface area contributed by atoms with E-state index >= 15 is 0 Å². The van der Waals surface area contributed by atoms with Gasteiger partial charge in [0.15, 0.2) is 0 Å². The van der Waals surface area contributed by atoms with Crippen molar-refractivity contribution in [3.63, 3.8) is 0 Å². The van der Waals surface area contributed by atoms with Gasteiger partial charge in [0.05, 0.1) is 0 Å². The molecule has 1 amide bonds. The number of halogens is 2. The Hall–Kier alpha value is -1.13. The standard InChI is InChI=1S/C14H20ClFN2O/c1-9(17)6-13(19)18-8-14(2,3)11-5-4-10(16)7-12(11)15/h4-5,7,9H,6,8,17H2,1-3H3,(H,18,19). The van der Waals surface area contributed by atoms with Crippen LogP contribution in [0.15, 0.2) is 18.2 Å². The number of benzene rings is 1. The molecule has 5 heteroatoms. The predicted octanol–water partition coefficient (Wildman–Crippen LogP) is 2.61. The highest BCUT2D eigenvalue weighted by Crippen LogP contribution is 2.29. The SMILES string of the molecule is CC(N)CC(=O)NCC(C)(C)c1ccc(F)cc1Cl. The van der Waals surface area contributed by atoms with E-state index in [0.29, 0.717) is 11.6 Å². The highest BCUT2D eigenvalue weighted by atomic mass is 35.5. The van der Waals surface area contributed by atoms with Crippen LogP contribution in [-0.4, -0.2) is 18.5 Å². The van der Waals surface area contributed by atoms with Crippen LogP contribution in [0.5, 0.6) is 0 Å². The number of hydrogen-bond acceptors (Lipinski definition) is 2. The van der Waals surface area contributed by atoms with Gasteiger partial charge in [0.1, 0.15) is 5.82 Å². The third kappa shape index (κ3) is 4.80. The van der Waals surface area contributed by atoms with E-state index in [1.807, 2.05) is 13.8 Å². The Morgan fingerprint density at radius 3 is 2.68 bits per heavy atom. The topological polar surface area (TPSA) is 55.1 Å². The van der Waals surface area contributed by atoms with Crippen LogP contribution in [0.25, 0.3) is 0 Å². The van der Waals surface area contributed by atoms with Crippen LogP contribution in [0.2, 0.25) is 5.02 Å². The molecular formula is C14H20ClFN2O. The summed E-state index contributed by atoms with van der Waals surface area (Å²) >= 11 is 6.04. The summed E-state index contributed by atoms with van der Waals surface area (Å²) in [6.07, 6.45) is 0.285. The molecule has 0 saturated heterocycles. The summed E-state index contributed by atoms with van der Waals surface area (Å²) in [6, 6.07) is 4.13. The second-order valence-corrected chi connectivity index (χ2v) is 5.87. The maximum atomic E-state index is 13.0. The van der Waals surface area contributed by atoms with Crippen LogP contribution in [0, 0.1) is 5.82 Å². The van der Waals surface area contributed by atoms with Gasteiger partial charge in [-0.15, -0.1) is 0 Å². The summed E-state index contributed by atoms with van der Waals surface area (Å²) in [5.41, 5.74) is 5.99. The molecule has 0 fully saturated rings. The molecule has 1 aromatic rings. The van der Waals surface area contributed by atoms with Crippen molar-refractivity contribution in [1.82, 2.24) is 5.32 Å². The molecule has 0 aliphatic heterocycles. The number of rotatable bonds is 5. The van der Waals surface area contributed by atoms with Crippen molar-refractivity contribution >= 4 is 17.5 Å². The first-order chi connectivity index (χ1) is 8.72. The monoisotopic (exact) mass is 286 g/mol. The lowest BCUT2D eigenvalue weighted by atomic mass is 9.84. The Labute approximate surface area is 118 Å². The van der Waals surface area contributed by atoms with Gasteiger partial charge in [0, 0.05) is 29.4 Å². The van der Waals surface area contributed by atoms with Crippen LogP contribution in [-0.2, 0) is 10.2 Å². The highest BCUT2D eigenvalue weighted by molar-refractivity contribution is 6.31. The first-order valence-electron chi connectivity index (χ1n) is 6.20. The van der Waals surface area contributed by atoms with Crippen LogP contribution >= 0.6 is 11.6 Å². The molecule has 0 aromatic heterocycles. The molecule has 19 heavy (non-hydrogen) atoms. The molecule has 1 unspecified atom stereocenters. The highest BCUT2D eigenvalue weighted by Gasteiger charge is 2.24. The van der Waals surface area contributed by atoms with E-state index in [1.165, 1.54) is 12.1 Å². The van der Waals surface area contributed by atoms with Gasteiger partial charge in [0.25, 0.3) is 0 Å². The number of hydrogen-bond donors (Lipinski definition) is 2. The molecule has 3 nitrogen and oxygen atoms in total. The summed E-state index contributed by atoms with van der Waals surface area (Å²) in [7, 11) is 0. The van der Waals surface area contributed by atoms with Gasteiger partial charge < -0.3 is 11.1 Å². The van der Waals surface area contributed by atoms with E-state index in [9.17, 15) is 9.18 Å². The van der Waals surface area contributed by atoms with Gasteiger partial charge in [-0.3, -0.25) is 4.79 Å². The Balaban J connectivity index is 2.72. The third-order valence-corrected chi connectivity index (χ3v) is 3.21. The average molecular weight is 287 g/mol. The average Bonchev–Trinajstić information content (AvgIpc) is 2.25. The Bertz CT molecular complexity index is 461. The number of amides is 1. The summed E-state index contributed by atoms with van der Waals surface area (Å²) in [5.74, 6) is -0.466. The largest absolute Gasteiger partial charge is 0.355 e. The van der Waals surface area contributed by atoms with Gasteiger partial charge >= 0.3 is 0 Å². The zero-order valence-electron chi connectivity index (χ0n) is 11.5. The lowest BCUT2D eigenvalue weighted by molar-refractivity contribution is -0.121. The summed E-state index contributed by atoms with van der Waals surface area (Å²) in [5, 5.41) is 3.19. The lowest BCUT2D eigenvalue weighted by Gasteiger charge is -2.27. The molecule has 106 valence electrons. The zero-order valence-corrected chi connectivity index (χ0v) is 12.2. The normalized spacial score (nSPS) is 13.2.